The number of hydrogen-bond acceptors (Lipinski definition) is 7. The molecule has 0 aliphatic rings. The number of phosphoric acid groups is 1. The first-order chi connectivity index (χ1) is 30.6. The highest BCUT2D eigenvalue weighted by Crippen LogP contribution is 2.38. The number of rotatable bonds is 50. The Kier molecular flexibility index (Phi) is 46.3. The molecule has 2 atom stereocenters. The minimum atomic E-state index is -4.53. The molecule has 0 radical (unpaired) electrons. The van der Waals surface area contributed by atoms with Gasteiger partial charge in [0.25, 0.3) is 7.82 Å². The van der Waals surface area contributed by atoms with Gasteiger partial charge in [0.1, 0.15) is 19.3 Å². The zero-order valence-corrected chi connectivity index (χ0v) is 43.2. The van der Waals surface area contributed by atoms with Gasteiger partial charge in [-0.05, 0) is 51.4 Å². The molecule has 0 aromatic carbocycles. The molecule has 0 aliphatic carbocycles. The Bertz CT molecular complexity index is 1100. The standard InChI is InChI=1S/C54H104NO7P/c1-6-8-10-12-14-16-18-20-22-24-26-27-28-30-32-34-36-38-40-42-44-46-49-59-51-53(52-61-63(57,58)60-50-48-55(3,4)5)62-54(56)47-45-43-41-39-37-35-33-31-29-25-23-21-19-17-15-13-11-9-7-2/h18,20,24,26,28,30,53H,6-17,19,21-23,25,27,29,31-52H2,1-5H3/b20-18-,26-24-,30-28-. The summed E-state index contributed by atoms with van der Waals surface area (Å²) < 4.78 is 34.8. The topological polar surface area (TPSA) is 94.1 Å². The number of quaternary nitrogens is 1. The van der Waals surface area contributed by atoms with Crippen molar-refractivity contribution in [1.29, 1.82) is 0 Å². The van der Waals surface area contributed by atoms with Crippen LogP contribution in [0, 0.1) is 0 Å². The van der Waals surface area contributed by atoms with Crippen LogP contribution in [0.3, 0.4) is 0 Å². The monoisotopic (exact) mass is 910 g/mol. The molecule has 0 amide bonds. The van der Waals surface area contributed by atoms with E-state index in [2.05, 4.69) is 50.3 Å². The molecule has 0 bridgehead atoms. The van der Waals surface area contributed by atoms with Gasteiger partial charge in [0.05, 0.1) is 34.4 Å². The SMILES string of the molecule is CCCCCCC/C=C\C/C=C\C/C=C\CCCCCCCCCOCC(COP(=O)([O-])OCC[N+](C)(C)C)OC(=O)CCCCCCCCCCCCCCCCCCCCC. The summed E-state index contributed by atoms with van der Waals surface area (Å²) >= 11 is 0. The number of allylic oxidation sites excluding steroid dienone is 6. The van der Waals surface area contributed by atoms with E-state index in [0.29, 0.717) is 24.1 Å². The molecule has 0 saturated carbocycles. The summed E-state index contributed by atoms with van der Waals surface area (Å²) in [5.41, 5.74) is 0. The predicted molar refractivity (Wildman–Crippen MR) is 268 cm³/mol. The molecule has 0 aromatic rings. The highest BCUT2D eigenvalue weighted by atomic mass is 31.2. The maximum Gasteiger partial charge on any atom is 0.306 e. The Hall–Kier alpha value is -1.28. The highest BCUT2D eigenvalue weighted by molar-refractivity contribution is 7.45. The van der Waals surface area contributed by atoms with E-state index in [9.17, 15) is 14.3 Å². The van der Waals surface area contributed by atoms with E-state index in [0.717, 1.165) is 51.4 Å². The second kappa shape index (κ2) is 47.2. The fraction of sp³-hybridized carbons (Fsp3) is 0.870. The van der Waals surface area contributed by atoms with E-state index in [1.165, 1.54) is 173 Å². The second-order valence-electron chi connectivity index (χ2n) is 19.2. The number of hydrogen-bond donors (Lipinski definition) is 0. The molecule has 8 nitrogen and oxygen atoms in total. The third-order valence-corrected chi connectivity index (χ3v) is 12.7. The highest BCUT2D eigenvalue weighted by Gasteiger charge is 2.20. The Balaban J connectivity index is 4.13. The summed E-state index contributed by atoms with van der Waals surface area (Å²) in [6.45, 7) is 5.42. The fourth-order valence-corrected chi connectivity index (χ4v) is 8.28. The van der Waals surface area contributed by atoms with Gasteiger partial charge in [-0.15, -0.1) is 0 Å². The summed E-state index contributed by atoms with van der Waals surface area (Å²) in [6.07, 6.45) is 57.4. The Labute approximate surface area is 391 Å². The summed E-state index contributed by atoms with van der Waals surface area (Å²) in [4.78, 5) is 25.2. The zero-order valence-electron chi connectivity index (χ0n) is 42.3. The first-order valence-electron chi connectivity index (χ1n) is 26.7. The molecule has 0 heterocycles. The predicted octanol–water partition coefficient (Wildman–Crippen LogP) is 15.9. The first kappa shape index (κ1) is 61.7. The lowest BCUT2D eigenvalue weighted by atomic mass is 10.0. The van der Waals surface area contributed by atoms with Gasteiger partial charge in [-0.3, -0.25) is 9.36 Å². The van der Waals surface area contributed by atoms with Crippen molar-refractivity contribution in [3.8, 4) is 0 Å². The molecule has 63 heavy (non-hydrogen) atoms. The van der Waals surface area contributed by atoms with E-state index in [4.69, 9.17) is 18.5 Å². The van der Waals surface area contributed by atoms with E-state index < -0.39 is 13.9 Å². The van der Waals surface area contributed by atoms with Crippen molar-refractivity contribution >= 4 is 13.8 Å². The Morgan fingerprint density at radius 2 is 0.873 bits per heavy atom. The summed E-state index contributed by atoms with van der Waals surface area (Å²) in [5.74, 6) is -0.333. The van der Waals surface area contributed by atoms with E-state index in [1.807, 2.05) is 21.1 Å². The van der Waals surface area contributed by atoms with Gasteiger partial charge in [-0.1, -0.05) is 224 Å². The number of carbonyl (C=O) groups is 1. The zero-order chi connectivity index (χ0) is 46.2. The second-order valence-corrected chi connectivity index (χ2v) is 20.7. The van der Waals surface area contributed by atoms with Crippen LogP contribution in [-0.4, -0.2) is 70.7 Å². The molecule has 9 heteroatoms. The van der Waals surface area contributed by atoms with E-state index in [1.54, 1.807) is 0 Å². The fourth-order valence-electron chi connectivity index (χ4n) is 7.56. The van der Waals surface area contributed by atoms with Gasteiger partial charge in [0.2, 0.25) is 0 Å². The quantitative estimate of drug-likeness (QED) is 0.0197. The van der Waals surface area contributed by atoms with Crippen molar-refractivity contribution in [3.63, 3.8) is 0 Å². The van der Waals surface area contributed by atoms with Crippen LogP contribution in [0.2, 0.25) is 0 Å². The lowest BCUT2D eigenvalue weighted by Gasteiger charge is -2.28. The van der Waals surface area contributed by atoms with Crippen molar-refractivity contribution in [2.45, 2.75) is 251 Å². The normalized spacial score (nSPS) is 13.8. The summed E-state index contributed by atoms with van der Waals surface area (Å²) in [5, 5.41) is 0. The number of nitrogens with zero attached hydrogens (tertiary/aromatic N) is 1. The third kappa shape index (κ3) is 51.6. The van der Waals surface area contributed by atoms with Gasteiger partial charge in [-0.25, -0.2) is 0 Å². The maximum absolute atomic E-state index is 12.8. The molecular weight excluding hydrogens is 806 g/mol. The van der Waals surface area contributed by atoms with Crippen LogP contribution in [0.1, 0.15) is 245 Å². The number of esters is 1. The minimum absolute atomic E-state index is 0.0251. The molecule has 0 spiro atoms. The lowest BCUT2D eigenvalue weighted by Crippen LogP contribution is -2.37. The van der Waals surface area contributed by atoms with Crippen molar-refractivity contribution in [3.05, 3.63) is 36.5 Å². The molecule has 0 aromatic heterocycles. The van der Waals surface area contributed by atoms with Crippen LogP contribution < -0.4 is 4.89 Å². The van der Waals surface area contributed by atoms with Crippen molar-refractivity contribution in [1.82, 2.24) is 0 Å². The van der Waals surface area contributed by atoms with Gasteiger partial charge >= 0.3 is 5.97 Å². The number of unbranched alkanes of at least 4 members (excludes halogenated alkanes) is 30. The summed E-state index contributed by atoms with van der Waals surface area (Å²) in [6, 6.07) is 0. The third-order valence-electron chi connectivity index (χ3n) is 11.7. The number of carbonyl (C=O) groups excluding carboxylic acids is 1. The Morgan fingerprint density at radius 3 is 1.30 bits per heavy atom. The average molecular weight is 910 g/mol. The molecule has 0 rings (SSSR count). The van der Waals surface area contributed by atoms with Crippen LogP contribution >= 0.6 is 7.82 Å². The molecule has 0 aliphatic heterocycles. The van der Waals surface area contributed by atoms with Crippen molar-refractivity contribution in [2.75, 3.05) is 54.1 Å². The molecule has 0 fully saturated rings. The minimum Gasteiger partial charge on any atom is -0.756 e. The first-order valence-corrected chi connectivity index (χ1v) is 28.2. The van der Waals surface area contributed by atoms with Crippen molar-refractivity contribution < 1.29 is 37.3 Å². The summed E-state index contributed by atoms with van der Waals surface area (Å²) in [7, 11) is 1.36. The van der Waals surface area contributed by atoms with Crippen LogP contribution in [0.4, 0.5) is 0 Å². The van der Waals surface area contributed by atoms with Crippen LogP contribution in [0.5, 0.6) is 0 Å². The van der Waals surface area contributed by atoms with Gasteiger partial charge in [0, 0.05) is 13.0 Å². The largest absolute Gasteiger partial charge is 0.756 e. The molecule has 0 saturated heterocycles. The van der Waals surface area contributed by atoms with Gasteiger partial charge in [0.15, 0.2) is 0 Å². The molecule has 372 valence electrons. The lowest BCUT2D eigenvalue weighted by molar-refractivity contribution is -0.870. The number of likely N-dealkylation sites (N-methyl/N-ethyl adjacent to an activating group) is 1. The average Bonchev–Trinajstić information content (AvgIpc) is 3.24. The number of phosphoric ester groups is 1. The number of ether oxygens (including phenoxy) is 2. The Morgan fingerprint density at radius 1 is 0.492 bits per heavy atom. The molecular formula is C54H104NO7P. The van der Waals surface area contributed by atoms with Crippen LogP contribution in [0.15, 0.2) is 36.5 Å². The van der Waals surface area contributed by atoms with Crippen molar-refractivity contribution in [2.24, 2.45) is 0 Å². The maximum atomic E-state index is 12.8. The van der Waals surface area contributed by atoms with E-state index in [-0.39, 0.29) is 25.8 Å². The van der Waals surface area contributed by atoms with Crippen LogP contribution in [0.25, 0.3) is 0 Å². The smallest absolute Gasteiger partial charge is 0.306 e. The molecule has 2 unspecified atom stereocenters. The van der Waals surface area contributed by atoms with Crippen LogP contribution in [-0.2, 0) is 27.9 Å². The molecule has 0 N–H and O–H groups in total. The van der Waals surface area contributed by atoms with E-state index >= 15 is 0 Å². The van der Waals surface area contributed by atoms with Gasteiger partial charge in [-0.2, -0.15) is 0 Å². The van der Waals surface area contributed by atoms with Gasteiger partial charge < -0.3 is 27.9 Å².